The summed E-state index contributed by atoms with van der Waals surface area (Å²) in [6.07, 6.45) is 1.68. The van der Waals surface area contributed by atoms with Gasteiger partial charge in [0.1, 0.15) is 17.9 Å². The Labute approximate surface area is 189 Å². The molecule has 168 valence electrons. The van der Waals surface area contributed by atoms with Crippen molar-refractivity contribution in [1.82, 2.24) is 10.3 Å². The van der Waals surface area contributed by atoms with Crippen molar-refractivity contribution in [2.75, 3.05) is 6.54 Å². The Morgan fingerprint density at radius 1 is 1.18 bits per heavy atom. The number of rotatable bonds is 8. The summed E-state index contributed by atoms with van der Waals surface area (Å²) in [5, 5.41) is 24.8. The molecule has 5 N–H and O–H groups in total. The van der Waals surface area contributed by atoms with E-state index in [4.69, 9.17) is 16.0 Å². The Hall–Kier alpha value is -4.27. The zero-order chi connectivity index (χ0) is 23.4. The fourth-order valence-corrected chi connectivity index (χ4v) is 3.78. The zero-order valence-corrected chi connectivity index (χ0v) is 17.7. The maximum atomic E-state index is 12.5. The summed E-state index contributed by atoms with van der Waals surface area (Å²) in [5.74, 6) is -2.30. The number of nitrogens with zero attached hydrogens (tertiary/aromatic N) is 2. The number of aromatic nitrogens is 1. The second-order valence-corrected chi connectivity index (χ2v) is 7.78. The van der Waals surface area contributed by atoms with Gasteiger partial charge in [0, 0.05) is 30.1 Å². The molecule has 0 bridgehead atoms. The Morgan fingerprint density at radius 2 is 1.94 bits per heavy atom. The third kappa shape index (κ3) is 4.98. The quantitative estimate of drug-likeness (QED) is 0.309. The second kappa shape index (κ2) is 9.47. The largest absolute Gasteiger partial charge is 0.481 e. The standard InChI is InChI=1S/C24H23N5O4/c25-23(26)16-8-6-14(7-9-16)20-11-17(33-29-20)12-21(30)28-13-19(24(31)32)18-5-1-3-15-4-2-10-27-22(15)18/h1-10,17,19H,11-13H2,(H3,25,26)(H,28,30)(H,31,32)/t17?,19-/m0/s1. The first kappa shape index (κ1) is 21.9. The number of benzene rings is 2. The molecule has 0 spiro atoms. The number of pyridine rings is 1. The number of nitrogens with two attached hydrogens (primary N) is 1. The fourth-order valence-electron chi connectivity index (χ4n) is 3.78. The van der Waals surface area contributed by atoms with Gasteiger partial charge in [-0.1, -0.05) is 53.7 Å². The first-order chi connectivity index (χ1) is 15.9. The molecule has 1 amide bonds. The normalized spacial score (nSPS) is 16.0. The topological polar surface area (TPSA) is 151 Å². The number of hydrogen-bond acceptors (Lipinski definition) is 6. The number of nitrogens with one attached hydrogen (secondary N) is 2. The van der Waals surface area contributed by atoms with Crippen LogP contribution in [0.3, 0.4) is 0 Å². The molecule has 1 aliphatic heterocycles. The fraction of sp³-hybridized carbons (Fsp3) is 0.208. The zero-order valence-electron chi connectivity index (χ0n) is 17.7. The molecule has 0 aliphatic carbocycles. The van der Waals surface area contributed by atoms with E-state index in [9.17, 15) is 14.7 Å². The van der Waals surface area contributed by atoms with Gasteiger partial charge in [0.05, 0.1) is 17.6 Å². The summed E-state index contributed by atoms with van der Waals surface area (Å²) in [4.78, 5) is 34.1. The summed E-state index contributed by atoms with van der Waals surface area (Å²) in [6, 6.07) is 16.1. The second-order valence-electron chi connectivity index (χ2n) is 7.78. The lowest BCUT2D eigenvalue weighted by atomic mass is 9.96. The van der Waals surface area contributed by atoms with Gasteiger partial charge < -0.3 is 21.0 Å². The molecular formula is C24H23N5O4. The van der Waals surface area contributed by atoms with Crippen molar-refractivity contribution in [1.29, 1.82) is 5.41 Å². The number of amidine groups is 1. The van der Waals surface area contributed by atoms with Crippen LogP contribution in [0.1, 0.15) is 35.4 Å². The Morgan fingerprint density at radius 3 is 2.67 bits per heavy atom. The van der Waals surface area contributed by atoms with Gasteiger partial charge in [0.2, 0.25) is 5.91 Å². The van der Waals surface area contributed by atoms with Gasteiger partial charge in [-0.3, -0.25) is 20.0 Å². The SMILES string of the molecule is N=C(N)c1ccc(C2=NOC(CC(=O)NC[C@H](C(=O)O)c3cccc4cccnc34)C2)cc1. The maximum Gasteiger partial charge on any atom is 0.312 e. The van der Waals surface area contributed by atoms with Crippen molar-refractivity contribution >= 4 is 34.3 Å². The van der Waals surface area contributed by atoms with Gasteiger partial charge in [-0.2, -0.15) is 0 Å². The number of carboxylic acids is 1. The summed E-state index contributed by atoms with van der Waals surface area (Å²) in [7, 11) is 0. The molecule has 9 nitrogen and oxygen atoms in total. The highest BCUT2D eigenvalue weighted by Gasteiger charge is 2.27. The number of carbonyl (C=O) groups excluding carboxylic acids is 1. The van der Waals surface area contributed by atoms with E-state index in [0.717, 1.165) is 10.9 Å². The van der Waals surface area contributed by atoms with E-state index in [1.807, 2.05) is 12.1 Å². The van der Waals surface area contributed by atoms with Crippen LogP contribution in [0.5, 0.6) is 0 Å². The summed E-state index contributed by atoms with van der Waals surface area (Å²) in [5.41, 5.74) is 8.78. The molecule has 33 heavy (non-hydrogen) atoms. The third-order valence-corrected chi connectivity index (χ3v) is 5.52. The van der Waals surface area contributed by atoms with E-state index in [1.165, 1.54) is 0 Å². The molecule has 0 saturated carbocycles. The number of fused-ring (bicyclic) bond motifs is 1. The average molecular weight is 445 g/mol. The number of amides is 1. The van der Waals surface area contributed by atoms with Crippen LogP contribution in [-0.4, -0.2) is 46.2 Å². The predicted octanol–water partition coefficient (Wildman–Crippen LogP) is 2.39. The van der Waals surface area contributed by atoms with Crippen molar-refractivity contribution in [3.8, 4) is 0 Å². The molecule has 3 aromatic rings. The van der Waals surface area contributed by atoms with Gasteiger partial charge in [0.25, 0.3) is 0 Å². The molecule has 0 radical (unpaired) electrons. The maximum absolute atomic E-state index is 12.5. The van der Waals surface area contributed by atoms with E-state index >= 15 is 0 Å². The third-order valence-electron chi connectivity index (χ3n) is 5.52. The highest BCUT2D eigenvalue weighted by atomic mass is 16.6. The van der Waals surface area contributed by atoms with Crippen LogP contribution in [0.25, 0.3) is 10.9 Å². The molecule has 1 unspecified atom stereocenters. The lowest BCUT2D eigenvalue weighted by Gasteiger charge is -2.16. The van der Waals surface area contributed by atoms with Crippen LogP contribution in [0.15, 0.2) is 65.9 Å². The number of carbonyl (C=O) groups is 2. The minimum Gasteiger partial charge on any atom is -0.481 e. The van der Waals surface area contributed by atoms with Crippen molar-refractivity contribution in [2.24, 2.45) is 10.9 Å². The number of aliphatic carboxylic acids is 1. The number of oxime groups is 1. The van der Waals surface area contributed by atoms with Crippen LogP contribution in [-0.2, 0) is 14.4 Å². The highest BCUT2D eigenvalue weighted by Crippen LogP contribution is 2.24. The lowest BCUT2D eigenvalue weighted by molar-refractivity contribution is -0.138. The minimum absolute atomic E-state index is 0.0142. The lowest BCUT2D eigenvalue weighted by Crippen LogP contribution is -2.33. The van der Waals surface area contributed by atoms with Gasteiger partial charge in [-0.25, -0.2) is 0 Å². The highest BCUT2D eigenvalue weighted by molar-refractivity contribution is 6.03. The van der Waals surface area contributed by atoms with Crippen molar-refractivity contribution < 1.29 is 19.5 Å². The van der Waals surface area contributed by atoms with E-state index in [1.54, 1.807) is 48.7 Å². The van der Waals surface area contributed by atoms with Gasteiger partial charge in [-0.15, -0.1) is 0 Å². The van der Waals surface area contributed by atoms with Crippen LogP contribution in [0, 0.1) is 5.41 Å². The first-order valence-electron chi connectivity index (χ1n) is 10.4. The predicted molar refractivity (Wildman–Crippen MR) is 123 cm³/mol. The minimum atomic E-state index is -1.04. The molecule has 1 aromatic heterocycles. The van der Waals surface area contributed by atoms with Crippen LogP contribution < -0.4 is 11.1 Å². The molecule has 1 aliphatic rings. The smallest absolute Gasteiger partial charge is 0.312 e. The number of para-hydroxylation sites is 1. The molecular weight excluding hydrogens is 422 g/mol. The van der Waals surface area contributed by atoms with E-state index in [2.05, 4.69) is 15.5 Å². The molecule has 2 aromatic carbocycles. The van der Waals surface area contributed by atoms with E-state index < -0.39 is 18.0 Å². The number of carboxylic acid groups (broad SMARTS) is 1. The Kier molecular flexibility index (Phi) is 6.30. The van der Waals surface area contributed by atoms with E-state index in [-0.39, 0.29) is 24.7 Å². The average Bonchev–Trinajstić information content (AvgIpc) is 3.27. The van der Waals surface area contributed by atoms with Gasteiger partial charge in [-0.05, 0) is 17.2 Å². The first-order valence-corrected chi connectivity index (χ1v) is 10.4. The van der Waals surface area contributed by atoms with Crippen LogP contribution >= 0.6 is 0 Å². The molecule has 0 fully saturated rings. The van der Waals surface area contributed by atoms with Crippen LogP contribution in [0.4, 0.5) is 0 Å². The summed E-state index contributed by atoms with van der Waals surface area (Å²) < 4.78 is 0. The van der Waals surface area contributed by atoms with Gasteiger partial charge >= 0.3 is 5.97 Å². The molecule has 2 heterocycles. The molecule has 0 saturated heterocycles. The van der Waals surface area contributed by atoms with E-state index in [0.29, 0.717) is 28.8 Å². The molecule has 2 atom stereocenters. The summed E-state index contributed by atoms with van der Waals surface area (Å²) in [6.45, 7) is -0.0587. The van der Waals surface area contributed by atoms with Crippen molar-refractivity contribution in [2.45, 2.75) is 24.9 Å². The monoisotopic (exact) mass is 445 g/mol. The Balaban J connectivity index is 1.35. The number of nitrogen functional groups attached to an aromatic ring is 1. The molecule has 9 heteroatoms. The molecule has 4 rings (SSSR count). The Bertz CT molecular complexity index is 1230. The van der Waals surface area contributed by atoms with Gasteiger partial charge in [0.15, 0.2) is 0 Å². The van der Waals surface area contributed by atoms with Crippen molar-refractivity contribution in [3.05, 3.63) is 77.5 Å². The van der Waals surface area contributed by atoms with Crippen LogP contribution in [0.2, 0.25) is 0 Å². The summed E-state index contributed by atoms with van der Waals surface area (Å²) >= 11 is 0. The number of hydrogen-bond donors (Lipinski definition) is 4. The van der Waals surface area contributed by atoms with Crippen molar-refractivity contribution in [3.63, 3.8) is 0 Å².